The number of esters is 1. The highest BCUT2D eigenvalue weighted by Gasteiger charge is 2.27. The number of primary amides is 1. The van der Waals surface area contributed by atoms with Gasteiger partial charge < -0.3 is 20.7 Å². The minimum atomic E-state index is -0.663. The number of nitrogens with one attached hydrogen (secondary N) is 1. The van der Waals surface area contributed by atoms with Crippen molar-refractivity contribution in [1.82, 2.24) is 4.90 Å². The topological polar surface area (TPSA) is 105 Å². The van der Waals surface area contributed by atoms with Crippen molar-refractivity contribution in [2.45, 2.75) is 26.9 Å². The number of ether oxygens (including phenoxy) is 1. The molecule has 0 bridgehead atoms. The summed E-state index contributed by atoms with van der Waals surface area (Å²) in [7, 11) is 0. The number of carbonyl (C=O) groups excluding carboxylic acids is 3. The van der Waals surface area contributed by atoms with Crippen LogP contribution in [-0.4, -0.2) is 61.5 Å². The fourth-order valence-corrected chi connectivity index (χ4v) is 4.60. The number of piperazine rings is 1. The summed E-state index contributed by atoms with van der Waals surface area (Å²) in [6.45, 7) is 7.91. The molecule has 1 aromatic heterocycles. The van der Waals surface area contributed by atoms with Gasteiger partial charge in [-0.05, 0) is 50.6 Å². The van der Waals surface area contributed by atoms with Crippen LogP contribution >= 0.6 is 11.3 Å². The van der Waals surface area contributed by atoms with Crippen molar-refractivity contribution < 1.29 is 23.5 Å². The van der Waals surface area contributed by atoms with Gasteiger partial charge in [-0.15, -0.1) is 11.3 Å². The predicted octanol–water partition coefficient (Wildman–Crippen LogP) is 2.62. The number of amides is 2. The van der Waals surface area contributed by atoms with Crippen molar-refractivity contribution in [3.8, 4) is 0 Å². The van der Waals surface area contributed by atoms with E-state index in [0.29, 0.717) is 31.7 Å². The fourth-order valence-electron chi connectivity index (χ4n) is 3.54. The van der Waals surface area contributed by atoms with Crippen LogP contribution in [0.2, 0.25) is 0 Å². The van der Waals surface area contributed by atoms with E-state index in [0.717, 1.165) is 17.0 Å². The lowest BCUT2D eigenvalue weighted by molar-refractivity contribution is -0.117. The molecule has 0 spiro atoms. The van der Waals surface area contributed by atoms with Gasteiger partial charge in [0.1, 0.15) is 10.8 Å². The molecule has 1 saturated heterocycles. The third-order valence-electron chi connectivity index (χ3n) is 5.10. The summed E-state index contributed by atoms with van der Waals surface area (Å²) in [5.41, 5.74) is 6.92. The maximum absolute atomic E-state index is 13.1. The molecule has 0 unspecified atom stereocenters. The van der Waals surface area contributed by atoms with Gasteiger partial charge in [0.25, 0.3) is 5.91 Å². The molecule has 1 aromatic carbocycles. The molecule has 2 heterocycles. The summed E-state index contributed by atoms with van der Waals surface area (Å²) in [5.74, 6) is -1.84. The Kier molecular flexibility index (Phi) is 7.47. The summed E-state index contributed by atoms with van der Waals surface area (Å²) in [4.78, 5) is 41.3. The number of hydrogen-bond acceptors (Lipinski definition) is 7. The summed E-state index contributed by atoms with van der Waals surface area (Å²) < 4.78 is 18.4. The van der Waals surface area contributed by atoms with Crippen LogP contribution in [0.25, 0.3) is 0 Å². The molecular formula is C22H27FN4O4S. The van der Waals surface area contributed by atoms with Gasteiger partial charge >= 0.3 is 5.97 Å². The van der Waals surface area contributed by atoms with Crippen molar-refractivity contribution >= 4 is 39.8 Å². The molecule has 0 radical (unpaired) electrons. The van der Waals surface area contributed by atoms with Gasteiger partial charge in [0.15, 0.2) is 0 Å². The average Bonchev–Trinajstić information content (AvgIpc) is 3.04. The van der Waals surface area contributed by atoms with Gasteiger partial charge in [0, 0.05) is 31.9 Å². The molecule has 32 heavy (non-hydrogen) atoms. The first-order valence-electron chi connectivity index (χ1n) is 10.3. The highest BCUT2D eigenvalue weighted by molar-refractivity contribution is 7.18. The summed E-state index contributed by atoms with van der Waals surface area (Å²) in [6.07, 6.45) is -0.347. The first-order valence-corrected chi connectivity index (χ1v) is 11.1. The highest BCUT2D eigenvalue weighted by Crippen LogP contribution is 2.33. The van der Waals surface area contributed by atoms with Crippen LogP contribution in [0, 0.1) is 12.7 Å². The lowest BCUT2D eigenvalue weighted by atomic mass is 10.1. The average molecular weight is 463 g/mol. The molecule has 0 atom stereocenters. The van der Waals surface area contributed by atoms with E-state index >= 15 is 0 Å². The first kappa shape index (κ1) is 23.7. The zero-order valence-electron chi connectivity index (χ0n) is 18.3. The zero-order chi connectivity index (χ0) is 23.4. The molecule has 1 aliphatic heterocycles. The van der Waals surface area contributed by atoms with Gasteiger partial charge in [0.2, 0.25) is 5.91 Å². The maximum atomic E-state index is 13.1. The lowest BCUT2D eigenvalue weighted by Crippen LogP contribution is -2.48. The quantitative estimate of drug-likeness (QED) is 0.613. The van der Waals surface area contributed by atoms with Crippen LogP contribution in [0.1, 0.15) is 39.4 Å². The largest absolute Gasteiger partial charge is 0.459 e. The maximum Gasteiger partial charge on any atom is 0.341 e. The van der Waals surface area contributed by atoms with Gasteiger partial charge in [-0.25, -0.2) is 9.18 Å². The fraction of sp³-hybridized carbons (Fsp3) is 0.409. The molecule has 1 fully saturated rings. The number of carbonyl (C=O) groups is 3. The standard InChI is InChI=1S/C22H27FN4O4S/c1-13(2)31-22(30)18-14(3)19(20(24)29)32-21(18)25-17(28)12-26-8-10-27(11-9-26)16-6-4-15(23)5-7-16/h4-7,13H,8-12H2,1-3H3,(H2,24,29)(H,25,28). The number of benzene rings is 1. The minimum Gasteiger partial charge on any atom is -0.459 e. The van der Waals surface area contributed by atoms with Crippen molar-refractivity contribution in [3.05, 3.63) is 46.1 Å². The van der Waals surface area contributed by atoms with Crippen molar-refractivity contribution in [2.75, 3.05) is 42.9 Å². The number of halogens is 1. The Balaban J connectivity index is 1.63. The van der Waals surface area contributed by atoms with E-state index in [1.54, 1.807) is 32.9 Å². The van der Waals surface area contributed by atoms with Crippen molar-refractivity contribution in [1.29, 1.82) is 0 Å². The number of rotatable bonds is 7. The van der Waals surface area contributed by atoms with E-state index in [-0.39, 0.29) is 39.8 Å². The van der Waals surface area contributed by atoms with E-state index in [9.17, 15) is 18.8 Å². The van der Waals surface area contributed by atoms with Crippen LogP contribution < -0.4 is 16.0 Å². The molecule has 8 nitrogen and oxygen atoms in total. The van der Waals surface area contributed by atoms with Crippen LogP contribution in [0.15, 0.2) is 24.3 Å². The molecule has 3 N–H and O–H groups in total. The van der Waals surface area contributed by atoms with E-state index in [4.69, 9.17) is 10.5 Å². The number of anilines is 2. The third kappa shape index (κ3) is 5.63. The van der Waals surface area contributed by atoms with E-state index in [1.165, 1.54) is 12.1 Å². The number of hydrogen-bond donors (Lipinski definition) is 2. The molecular weight excluding hydrogens is 435 g/mol. The second kappa shape index (κ2) is 10.1. The number of thiophene rings is 1. The van der Waals surface area contributed by atoms with E-state index in [2.05, 4.69) is 10.2 Å². The molecule has 0 saturated carbocycles. The van der Waals surface area contributed by atoms with Gasteiger partial charge in [0.05, 0.1) is 23.1 Å². The van der Waals surface area contributed by atoms with Crippen LogP contribution in [0.3, 0.4) is 0 Å². The zero-order valence-corrected chi connectivity index (χ0v) is 19.1. The van der Waals surface area contributed by atoms with Crippen molar-refractivity contribution in [3.63, 3.8) is 0 Å². The van der Waals surface area contributed by atoms with Gasteiger partial charge in [-0.1, -0.05) is 0 Å². The Bertz CT molecular complexity index is 998. The molecule has 2 aromatic rings. The lowest BCUT2D eigenvalue weighted by Gasteiger charge is -2.35. The Morgan fingerprint density at radius 1 is 1.16 bits per heavy atom. The van der Waals surface area contributed by atoms with Crippen LogP contribution in [0.5, 0.6) is 0 Å². The SMILES string of the molecule is Cc1c(C(N)=O)sc(NC(=O)CN2CCN(c3ccc(F)cc3)CC2)c1C(=O)OC(C)C. The van der Waals surface area contributed by atoms with Gasteiger partial charge in [-0.3, -0.25) is 14.5 Å². The number of nitrogens with two attached hydrogens (primary N) is 1. The first-order chi connectivity index (χ1) is 15.2. The normalized spacial score (nSPS) is 14.5. The van der Waals surface area contributed by atoms with Crippen molar-refractivity contribution in [2.24, 2.45) is 5.73 Å². The second-order valence-corrected chi connectivity index (χ2v) is 8.89. The Morgan fingerprint density at radius 2 is 1.78 bits per heavy atom. The summed E-state index contributed by atoms with van der Waals surface area (Å²) in [5, 5.41) is 3.01. The van der Waals surface area contributed by atoms with E-state index in [1.807, 2.05) is 4.90 Å². The molecule has 0 aliphatic carbocycles. The smallest absolute Gasteiger partial charge is 0.341 e. The van der Waals surface area contributed by atoms with Gasteiger partial charge in [-0.2, -0.15) is 0 Å². The Hall–Kier alpha value is -2.98. The third-order valence-corrected chi connectivity index (χ3v) is 6.32. The minimum absolute atomic E-state index is 0.138. The molecule has 2 amide bonds. The number of nitrogens with zero attached hydrogens (tertiary/aromatic N) is 2. The molecule has 3 rings (SSSR count). The molecule has 172 valence electrons. The monoisotopic (exact) mass is 462 g/mol. The summed E-state index contributed by atoms with van der Waals surface area (Å²) in [6, 6.07) is 6.34. The second-order valence-electron chi connectivity index (χ2n) is 7.87. The highest BCUT2D eigenvalue weighted by atomic mass is 32.1. The predicted molar refractivity (Wildman–Crippen MR) is 122 cm³/mol. The van der Waals surface area contributed by atoms with Crippen LogP contribution in [-0.2, 0) is 9.53 Å². The van der Waals surface area contributed by atoms with Crippen LogP contribution in [0.4, 0.5) is 15.1 Å². The summed E-state index contributed by atoms with van der Waals surface area (Å²) >= 11 is 0.974. The Labute approximate surface area is 190 Å². The Morgan fingerprint density at radius 3 is 2.34 bits per heavy atom. The van der Waals surface area contributed by atoms with E-state index < -0.39 is 11.9 Å². The molecule has 10 heteroatoms. The molecule has 1 aliphatic rings.